The van der Waals surface area contributed by atoms with Crippen molar-refractivity contribution in [2.24, 2.45) is 0 Å². The Kier molecular flexibility index (Phi) is 6.14. The molecule has 0 saturated carbocycles. The van der Waals surface area contributed by atoms with Crippen LogP contribution in [-0.2, 0) is 11.2 Å². The molecule has 0 saturated heterocycles. The van der Waals surface area contributed by atoms with Gasteiger partial charge in [-0.05, 0) is 18.6 Å². The maximum Gasteiger partial charge on any atom is 0.251 e. The van der Waals surface area contributed by atoms with Crippen molar-refractivity contribution in [3.8, 4) is 17.2 Å². The Balaban J connectivity index is 1.96. The van der Waals surface area contributed by atoms with E-state index in [1.807, 2.05) is 31.3 Å². The molecular formula is C17H23N3O3. The second-order valence-corrected chi connectivity index (χ2v) is 5.37. The first kappa shape index (κ1) is 17.0. The van der Waals surface area contributed by atoms with E-state index in [4.69, 9.17) is 9.15 Å². The van der Waals surface area contributed by atoms with E-state index in [1.54, 1.807) is 12.0 Å². The van der Waals surface area contributed by atoms with Crippen molar-refractivity contribution in [3.05, 3.63) is 30.2 Å². The average molecular weight is 317 g/mol. The van der Waals surface area contributed by atoms with Gasteiger partial charge in [-0.3, -0.25) is 4.79 Å². The van der Waals surface area contributed by atoms with Gasteiger partial charge in [-0.1, -0.05) is 25.5 Å². The number of aryl methyl sites for hydroxylation is 1. The van der Waals surface area contributed by atoms with Gasteiger partial charge in [-0.15, -0.1) is 10.2 Å². The van der Waals surface area contributed by atoms with E-state index in [0.29, 0.717) is 30.4 Å². The molecule has 124 valence electrons. The third-order valence-corrected chi connectivity index (χ3v) is 3.63. The fraction of sp³-hybridized carbons (Fsp3) is 0.471. The van der Waals surface area contributed by atoms with Crippen LogP contribution in [0.25, 0.3) is 11.5 Å². The molecule has 0 bridgehead atoms. The summed E-state index contributed by atoms with van der Waals surface area (Å²) in [5, 5.41) is 8.06. The molecule has 2 aromatic rings. The van der Waals surface area contributed by atoms with Gasteiger partial charge in [0, 0.05) is 26.4 Å². The van der Waals surface area contributed by atoms with E-state index in [-0.39, 0.29) is 5.91 Å². The minimum atomic E-state index is 0.0930. The summed E-state index contributed by atoms with van der Waals surface area (Å²) in [5.41, 5.74) is 0.750. The zero-order chi connectivity index (χ0) is 16.7. The zero-order valence-corrected chi connectivity index (χ0v) is 13.9. The van der Waals surface area contributed by atoms with Crippen LogP contribution in [0.3, 0.4) is 0 Å². The van der Waals surface area contributed by atoms with Crippen LogP contribution < -0.4 is 4.74 Å². The van der Waals surface area contributed by atoms with Crippen LogP contribution in [-0.4, -0.2) is 41.7 Å². The largest absolute Gasteiger partial charge is 0.496 e. The summed E-state index contributed by atoms with van der Waals surface area (Å²) in [4.78, 5) is 13.8. The lowest BCUT2D eigenvalue weighted by Gasteiger charge is -2.15. The monoisotopic (exact) mass is 317 g/mol. The molecule has 1 aromatic heterocycles. The summed E-state index contributed by atoms with van der Waals surface area (Å²) >= 11 is 0. The van der Waals surface area contributed by atoms with Crippen molar-refractivity contribution in [1.29, 1.82) is 0 Å². The van der Waals surface area contributed by atoms with E-state index in [2.05, 4.69) is 17.1 Å². The van der Waals surface area contributed by atoms with Gasteiger partial charge < -0.3 is 14.1 Å². The molecule has 0 spiro atoms. The van der Waals surface area contributed by atoms with Crippen molar-refractivity contribution in [3.63, 3.8) is 0 Å². The number of unbranched alkanes of at least 4 members (excludes halogenated alkanes) is 1. The Hall–Kier alpha value is -2.37. The third-order valence-electron chi connectivity index (χ3n) is 3.63. The highest BCUT2D eigenvalue weighted by atomic mass is 16.5. The first-order valence-electron chi connectivity index (χ1n) is 7.85. The SMILES string of the molecule is CCCCN(C)C(=O)CCc1nnc(-c2ccccc2OC)o1. The summed E-state index contributed by atoms with van der Waals surface area (Å²) < 4.78 is 10.9. The summed E-state index contributed by atoms with van der Waals surface area (Å²) in [7, 11) is 3.42. The molecule has 2 rings (SSSR count). The van der Waals surface area contributed by atoms with Crippen LogP contribution in [0.5, 0.6) is 5.75 Å². The number of aromatic nitrogens is 2. The molecule has 6 nitrogen and oxygen atoms in total. The normalized spacial score (nSPS) is 10.6. The number of carbonyl (C=O) groups excluding carboxylic acids is 1. The Bertz CT molecular complexity index is 640. The highest BCUT2D eigenvalue weighted by Crippen LogP contribution is 2.28. The van der Waals surface area contributed by atoms with Crippen molar-refractivity contribution in [2.75, 3.05) is 20.7 Å². The van der Waals surface area contributed by atoms with E-state index in [1.165, 1.54) is 0 Å². The quantitative estimate of drug-likeness (QED) is 0.749. The lowest BCUT2D eigenvalue weighted by atomic mass is 10.2. The summed E-state index contributed by atoms with van der Waals surface area (Å²) in [5.74, 6) is 1.64. The number of methoxy groups -OCH3 is 1. The maximum absolute atomic E-state index is 12.0. The molecule has 0 N–H and O–H groups in total. The van der Waals surface area contributed by atoms with Crippen molar-refractivity contribution in [2.45, 2.75) is 32.6 Å². The third kappa shape index (κ3) is 4.55. The molecule has 0 unspecified atom stereocenters. The number of para-hydroxylation sites is 1. The van der Waals surface area contributed by atoms with Gasteiger partial charge in [0.25, 0.3) is 5.89 Å². The Morgan fingerprint density at radius 3 is 2.83 bits per heavy atom. The molecule has 1 amide bonds. The first-order valence-corrected chi connectivity index (χ1v) is 7.85. The molecule has 1 aromatic carbocycles. The lowest BCUT2D eigenvalue weighted by molar-refractivity contribution is -0.130. The number of nitrogens with zero attached hydrogens (tertiary/aromatic N) is 3. The molecule has 0 fully saturated rings. The van der Waals surface area contributed by atoms with Gasteiger partial charge >= 0.3 is 0 Å². The fourth-order valence-corrected chi connectivity index (χ4v) is 2.21. The molecule has 0 aliphatic rings. The van der Waals surface area contributed by atoms with E-state index >= 15 is 0 Å². The minimum Gasteiger partial charge on any atom is -0.496 e. The number of benzene rings is 1. The Labute approximate surface area is 136 Å². The topological polar surface area (TPSA) is 68.5 Å². The van der Waals surface area contributed by atoms with Gasteiger partial charge in [0.05, 0.1) is 12.7 Å². The predicted octanol–water partition coefficient (Wildman–Crippen LogP) is 2.94. The number of rotatable bonds is 8. The van der Waals surface area contributed by atoms with E-state index < -0.39 is 0 Å². The van der Waals surface area contributed by atoms with E-state index in [0.717, 1.165) is 24.9 Å². The van der Waals surface area contributed by atoms with Crippen LogP contribution in [0.2, 0.25) is 0 Å². The van der Waals surface area contributed by atoms with Crippen LogP contribution >= 0.6 is 0 Å². The van der Waals surface area contributed by atoms with Crippen molar-refractivity contribution >= 4 is 5.91 Å². The van der Waals surface area contributed by atoms with Gasteiger partial charge in [-0.2, -0.15) is 0 Å². The van der Waals surface area contributed by atoms with Gasteiger partial charge in [0.2, 0.25) is 11.8 Å². The second-order valence-electron chi connectivity index (χ2n) is 5.37. The molecule has 23 heavy (non-hydrogen) atoms. The zero-order valence-electron chi connectivity index (χ0n) is 13.9. The second kappa shape index (κ2) is 8.31. The molecule has 6 heteroatoms. The molecule has 1 heterocycles. The standard InChI is InChI=1S/C17H23N3O3/c1-4-5-12-20(2)16(21)11-10-15-18-19-17(23-15)13-8-6-7-9-14(13)22-3/h6-9H,4-5,10-12H2,1-3H3. The summed E-state index contributed by atoms with van der Waals surface area (Å²) in [6.07, 6.45) is 2.90. The Morgan fingerprint density at radius 2 is 2.09 bits per heavy atom. The smallest absolute Gasteiger partial charge is 0.251 e. The van der Waals surface area contributed by atoms with Crippen LogP contribution in [0.4, 0.5) is 0 Å². The highest BCUT2D eigenvalue weighted by molar-refractivity contribution is 5.76. The molecule has 0 radical (unpaired) electrons. The number of amides is 1. The molecule has 0 atom stereocenters. The van der Waals surface area contributed by atoms with Crippen LogP contribution in [0, 0.1) is 0 Å². The maximum atomic E-state index is 12.0. The van der Waals surface area contributed by atoms with Gasteiger partial charge in [-0.25, -0.2) is 0 Å². The predicted molar refractivity (Wildman–Crippen MR) is 87.2 cm³/mol. The highest BCUT2D eigenvalue weighted by Gasteiger charge is 2.15. The van der Waals surface area contributed by atoms with Gasteiger partial charge in [0.15, 0.2) is 0 Å². The van der Waals surface area contributed by atoms with Crippen molar-refractivity contribution in [1.82, 2.24) is 15.1 Å². The number of hydrogen-bond acceptors (Lipinski definition) is 5. The number of carbonyl (C=O) groups is 1. The fourth-order valence-electron chi connectivity index (χ4n) is 2.21. The number of hydrogen-bond donors (Lipinski definition) is 0. The summed E-state index contributed by atoms with van der Waals surface area (Å²) in [6.45, 7) is 2.89. The first-order chi connectivity index (χ1) is 11.2. The summed E-state index contributed by atoms with van der Waals surface area (Å²) in [6, 6.07) is 7.46. The van der Waals surface area contributed by atoms with E-state index in [9.17, 15) is 4.79 Å². The average Bonchev–Trinajstić information content (AvgIpc) is 3.06. The van der Waals surface area contributed by atoms with Crippen molar-refractivity contribution < 1.29 is 13.9 Å². The molecule has 0 aliphatic heterocycles. The molecular weight excluding hydrogens is 294 g/mol. The molecule has 0 aliphatic carbocycles. The van der Waals surface area contributed by atoms with Gasteiger partial charge in [0.1, 0.15) is 5.75 Å². The number of ether oxygens (including phenoxy) is 1. The Morgan fingerprint density at radius 1 is 1.30 bits per heavy atom. The minimum absolute atomic E-state index is 0.0930. The lowest BCUT2D eigenvalue weighted by Crippen LogP contribution is -2.27. The van der Waals surface area contributed by atoms with Crippen LogP contribution in [0.15, 0.2) is 28.7 Å². The van der Waals surface area contributed by atoms with Crippen LogP contribution in [0.1, 0.15) is 32.1 Å².